The van der Waals surface area contributed by atoms with Gasteiger partial charge in [-0.25, -0.2) is 4.98 Å². The minimum Gasteiger partial charge on any atom is -0.444 e. The second-order valence-corrected chi connectivity index (χ2v) is 8.56. The van der Waals surface area contributed by atoms with Crippen LogP contribution < -0.4 is 0 Å². The number of unbranched alkanes of at least 4 members (excludes halogenated alkanes) is 1. The predicted octanol–water partition coefficient (Wildman–Crippen LogP) is 5.69. The van der Waals surface area contributed by atoms with Crippen molar-refractivity contribution in [2.75, 3.05) is 14.1 Å². The van der Waals surface area contributed by atoms with Crippen LogP contribution in [0.3, 0.4) is 0 Å². The van der Waals surface area contributed by atoms with Gasteiger partial charge in [-0.05, 0) is 45.1 Å². The van der Waals surface area contributed by atoms with Gasteiger partial charge >= 0.3 is 0 Å². The molecule has 1 atom stereocenters. The Bertz CT molecular complexity index is 923. The van der Waals surface area contributed by atoms with Crippen LogP contribution in [0, 0.1) is 0 Å². The third-order valence-electron chi connectivity index (χ3n) is 4.76. The summed E-state index contributed by atoms with van der Waals surface area (Å²) in [7, 11) is 4.18. The molecule has 0 aliphatic carbocycles. The number of benzene rings is 1. The van der Waals surface area contributed by atoms with Gasteiger partial charge in [-0.1, -0.05) is 49.7 Å². The lowest BCUT2D eigenvalue weighted by Gasteiger charge is -2.23. The zero-order chi connectivity index (χ0) is 20.8. The Hall–Kier alpha value is -1.83. The lowest BCUT2D eigenvalue weighted by molar-refractivity contribution is 0.270. The van der Waals surface area contributed by atoms with Gasteiger partial charge in [0, 0.05) is 22.9 Å². The summed E-state index contributed by atoms with van der Waals surface area (Å²) in [6.45, 7) is 5.31. The van der Waals surface area contributed by atoms with Gasteiger partial charge in [-0.15, -0.1) is 10.2 Å². The molecule has 6 nitrogen and oxygen atoms in total. The molecular weight excluding hydrogens is 406 g/mol. The molecule has 3 rings (SSSR count). The molecule has 1 aromatic carbocycles. The molecule has 0 aliphatic rings. The van der Waals surface area contributed by atoms with Crippen molar-refractivity contribution in [1.82, 2.24) is 24.6 Å². The van der Waals surface area contributed by atoms with Crippen LogP contribution in [0.1, 0.15) is 50.7 Å². The van der Waals surface area contributed by atoms with E-state index in [-0.39, 0.29) is 6.04 Å². The van der Waals surface area contributed by atoms with Crippen molar-refractivity contribution < 1.29 is 4.42 Å². The van der Waals surface area contributed by atoms with Gasteiger partial charge in [0.2, 0.25) is 5.89 Å². The summed E-state index contributed by atoms with van der Waals surface area (Å²) in [5.41, 5.74) is 1.75. The number of nitrogens with zero attached hydrogens (tertiary/aromatic N) is 5. The second-order valence-electron chi connectivity index (χ2n) is 7.18. The molecule has 2 aromatic heterocycles. The van der Waals surface area contributed by atoms with Crippen LogP contribution >= 0.6 is 23.4 Å². The minimum atomic E-state index is 0.259. The van der Waals surface area contributed by atoms with E-state index in [9.17, 15) is 0 Å². The number of hydrogen-bond acceptors (Lipinski definition) is 6. The maximum atomic E-state index is 6.07. The number of halogens is 1. The fourth-order valence-electron chi connectivity index (χ4n) is 3.22. The predicted molar refractivity (Wildman–Crippen MR) is 118 cm³/mol. The summed E-state index contributed by atoms with van der Waals surface area (Å²) in [6.07, 6.45) is 4.93. The third-order valence-corrected chi connectivity index (χ3v) is 6.00. The lowest BCUT2D eigenvalue weighted by atomic mass is 10.2. The smallest absolute Gasteiger partial charge is 0.226 e. The van der Waals surface area contributed by atoms with Crippen LogP contribution in [-0.4, -0.2) is 38.7 Å². The topological polar surface area (TPSA) is 60.0 Å². The Kier molecular flexibility index (Phi) is 7.75. The Morgan fingerprint density at radius 2 is 2.07 bits per heavy atom. The highest BCUT2D eigenvalue weighted by atomic mass is 35.5. The maximum absolute atomic E-state index is 6.07. The lowest BCUT2D eigenvalue weighted by Crippen LogP contribution is -2.23. The van der Waals surface area contributed by atoms with E-state index in [1.807, 2.05) is 24.3 Å². The van der Waals surface area contributed by atoms with E-state index in [1.165, 1.54) is 0 Å². The van der Waals surface area contributed by atoms with Crippen molar-refractivity contribution in [2.24, 2.45) is 0 Å². The number of rotatable bonds is 10. The summed E-state index contributed by atoms with van der Waals surface area (Å²) in [6, 6.07) is 7.78. The summed E-state index contributed by atoms with van der Waals surface area (Å²) >= 11 is 7.71. The molecule has 1 unspecified atom stereocenters. The summed E-state index contributed by atoms with van der Waals surface area (Å²) in [5, 5.41) is 10.6. The van der Waals surface area contributed by atoms with E-state index in [0.29, 0.717) is 16.7 Å². The van der Waals surface area contributed by atoms with Crippen molar-refractivity contribution in [3.05, 3.63) is 47.1 Å². The Balaban J connectivity index is 1.75. The number of thioether (sulfide) groups is 1. The van der Waals surface area contributed by atoms with E-state index in [1.54, 1.807) is 18.0 Å². The zero-order valence-corrected chi connectivity index (χ0v) is 19.0. The van der Waals surface area contributed by atoms with Crippen molar-refractivity contribution in [3.8, 4) is 11.5 Å². The average molecular weight is 434 g/mol. The largest absolute Gasteiger partial charge is 0.444 e. The monoisotopic (exact) mass is 433 g/mol. The molecule has 8 heteroatoms. The first-order chi connectivity index (χ1) is 14.0. The van der Waals surface area contributed by atoms with Crippen LogP contribution in [0.4, 0.5) is 0 Å². The fourth-order valence-corrected chi connectivity index (χ4v) is 4.26. The molecule has 0 amide bonds. The SMILES string of the molecule is CCCCn1c(SCc2coc(-c3cccc(Cl)c3)n2)nnc1C(CC)N(C)C. The van der Waals surface area contributed by atoms with Crippen LogP contribution in [0.25, 0.3) is 11.5 Å². The molecule has 3 aromatic rings. The van der Waals surface area contributed by atoms with E-state index in [4.69, 9.17) is 16.0 Å². The van der Waals surface area contributed by atoms with E-state index in [0.717, 1.165) is 48.0 Å². The summed E-state index contributed by atoms with van der Waals surface area (Å²) in [4.78, 5) is 6.81. The number of aromatic nitrogens is 4. The van der Waals surface area contributed by atoms with Crippen LogP contribution in [0.2, 0.25) is 5.02 Å². The first-order valence-corrected chi connectivity index (χ1v) is 11.3. The van der Waals surface area contributed by atoms with Crippen LogP contribution in [0.5, 0.6) is 0 Å². The Labute approximate surface area is 181 Å². The number of hydrogen-bond donors (Lipinski definition) is 0. The fraction of sp³-hybridized carbons (Fsp3) is 0.476. The highest BCUT2D eigenvalue weighted by molar-refractivity contribution is 7.98. The minimum absolute atomic E-state index is 0.259. The molecular formula is C21H28ClN5OS. The molecule has 0 bridgehead atoms. The van der Waals surface area contributed by atoms with Gasteiger partial charge < -0.3 is 8.98 Å². The molecule has 0 radical (unpaired) electrons. The highest BCUT2D eigenvalue weighted by Gasteiger charge is 2.22. The van der Waals surface area contributed by atoms with E-state index < -0.39 is 0 Å². The van der Waals surface area contributed by atoms with E-state index >= 15 is 0 Å². The van der Waals surface area contributed by atoms with Crippen LogP contribution in [0.15, 0.2) is 40.1 Å². The average Bonchev–Trinajstić information content (AvgIpc) is 3.32. The first-order valence-electron chi connectivity index (χ1n) is 9.96. The highest BCUT2D eigenvalue weighted by Crippen LogP contribution is 2.29. The van der Waals surface area contributed by atoms with Gasteiger partial charge in [0.25, 0.3) is 0 Å². The first kappa shape index (κ1) is 21.9. The Morgan fingerprint density at radius 3 is 2.76 bits per heavy atom. The number of oxazole rings is 1. The molecule has 0 spiro atoms. The Morgan fingerprint density at radius 1 is 1.24 bits per heavy atom. The van der Waals surface area contributed by atoms with Crippen molar-refractivity contribution in [1.29, 1.82) is 0 Å². The molecule has 0 N–H and O–H groups in total. The van der Waals surface area contributed by atoms with Crippen molar-refractivity contribution in [2.45, 2.75) is 56.6 Å². The second kappa shape index (κ2) is 10.3. The van der Waals surface area contributed by atoms with E-state index in [2.05, 4.69) is 52.6 Å². The molecule has 0 fully saturated rings. The normalized spacial score (nSPS) is 12.6. The summed E-state index contributed by atoms with van der Waals surface area (Å²) < 4.78 is 7.91. The summed E-state index contributed by atoms with van der Waals surface area (Å²) in [5.74, 6) is 2.29. The van der Waals surface area contributed by atoms with Gasteiger partial charge in [0.05, 0.1) is 11.7 Å². The molecule has 2 heterocycles. The molecule has 0 saturated carbocycles. The molecule has 0 saturated heterocycles. The quantitative estimate of drug-likeness (QED) is 0.382. The zero-order valence-electron chi connectivity index (χ0n) is 17.4. The standard InChI is InChI=1S/C21H28ClN5OS/c1-5-7-11-27-19(18(6-2)26(3)4)24-25-21(27)29-14-17-13-28-20(23-17)15-9-8-10-16(22)12-15/h8-10,12-13,18H,5-7,11,14H2,1-4H3. The van der Waals surface area contributed by atoms with Gasteiger partial charge in [-0.2, -0.15) is 0 Å². The maximum Gasteiger partial charge on any atom is 0.226 e. The van der Waals surface area contributed by atoms with Gasteiger partial charge in [0.1, 0.15) is 6.26 Å². The molecule has 29 heavy (non-hydrogen) atoms. The van der Waals surface area contributed by atoms with Crippen molar-refractivity contribution in [3.63, 3.8) is 0 Å². The third kappa shape index (κ3) is 5.41. The van der Waals surface area contributed by atoms with Crippen molar-refractivity contribution >= 4 is 23.4 Å². The van der Waals surface area contributed by atoms with Gasteiger partial charge in [0.15, 0.2) is 11.0 Å². The molecule has 156 valence electrons. The molecule has 0 aliphatic heterocycles. The van der Waals surface area contributed by atoms with Gasteiger partial charge in [-0.3, -0.25) is 4.90 Å². The van der Waals surface area contributed by atoms with Crippen LogP contribution in [-0.2, 0) is 12.3 Å².